The van der Waals surface area contributed by atoms with E-state index in [1.54, 1.807) is 29.7 Å². The Morgan fingerprint density at radius 3 is 3.00 bits per heavy atom. The van der Waals surface area contributed by atoms with Crippen LogP contribution < -0.4 is 5.32 Å². The molecule has 1 aliphatic heterocycles. The first-order valence-electron chi connectivity index (χ1n) is 6.26. The summed E-state index contributed by atoms with van der Waals surface area (Å²) in [5.74, 6) is 1.63. The highest BCUT2D eigenvalue weighted by Gasteiger charge is 2.21. The van der Waals surface area contributed by atoms with Gasteiger partial charge in [-0.1, -0.05) is 36.5 Å². The lowest BCUT2D eigenvalue weighted by molar-refractivity contribution is -0.115. The lowest BCUT2D eigenvalue weighted by Gasteiger charge is -2.13. The van der Waals surface area contributed by atoms with Crippen molar-refractivity contribution in [3.05, 3.63) is 23.9 Å². The van der Waals surface area contributed by atoms with Gasteiger partial charge in [-0.2, -0.15) is 0 Å². The molecule has 0 saturated heterocycles. The Labute approximate surface area is 121 Å². The number of hydrogen-bond donors (Lipinski definition) is 1. The molecule has 4 nitrogen and oxygen atoms in total. The lowest BCUT2D eigenvalue weighted by atomic mass is 10.3. The van der Waals surface area contributed by atoms with E-state index in [1.165, 1.54) is 0 Å². The maximum absolute atomic E-state index is 12.2. The number of pyridine rings is 1. The van der Waals surface area contributed by atoms with E-state index in [-0.39, 0.29) is 11.2 Å². The maximum atomic E-state index is 12.2. The van der Waals surface area contributed by atoms with Crippen molar-refractivity contribution in [2.75, 3.05) is 17.6 Å². The van der Waals surface area contributed by atoms with Gasteiger partial charge in [-0.3, -0.25) is 9.79 Å². The number of thioether (sulfide) groups is 2. The first-order chi connectivity index (χ1) is 9.19. The minimum absolute atomic E-state index is 0.000877. The van der Waals surface area contributed by atoms with Gasteiger partial charge in [0.05, 0.1) is 11.8 Å². The summed E-state index contributed by atoms with van der Waals surface area (Å²) < 4.78 is 1.03. The maximum Gasteiger partial charge on any atom is 0.239 e. The van der Waals surface area contributed by atoms with E-state index in [4.69, 9.17) is 0 Å². The molecule has 0 aromatic carbocycles. The van der Waals surface area contributed by atoms with Crippen LogP contribution in [0.15, 0.2) is 23.3 Å². The van der Waals surface area contributed by atoms with Gasteiger partial charge < -0.3 is 5.32 Å². The molecular formula is C13H17N3OS2. The van der Waals surface area contributed by atoms with E-state index in [1.807, 2.05) is 26.0 Å². The Kier molecular flexibility index (Phi) is 5.27. The quantitative estimate of drug-likeness (QED) is 0.928. The molecule has 0 aliphatic carbocycles. The van der Waals surface area contributed by atoms with Gasteiger partial charge >= 0.3 is 0 Å². The molecule has 6 heteroatoms. The molecule has 1 aromatic rings. The second kappa shape index (κ2) is 6.96. The van der Waals surface area contributed by atoms with Crippen LogP contribution >= 0.6 is 23.5 Å². The first kappa shape index (κ1) is 14.4. The van der Waals surface area contributed by atoms with Gasteiger partial charge in [-0.15, -0.1) is 0 Å². The molecule has 1 aliphatic rings. The molecular weight excluding hydrogens is 278 g/mol. The number of aromatic nitrogens is 1. The summed E-state index contributed by atoms with van der Waals surface area (Å²) >= 11 is 3.29. The average Bonchev–Trinajstić information content (AvgIpc) is 2.91. The topological polar surface area (TPSA) is 54.4 Å². The number of aryl methyl sites for hydroxylation is 1. The fourth-order valence-electron chi connectivity index (χ4n) is 1.58. The molecule has 1 aromatic heterocycles. The van der Waals surface area contributed by atoms with Gasteiger partial charge in [0, 0.05) is 11.9 Å². The third-order valence-corrected chi connectivity index (χ3v) is 5.19. The number of aliphatic imine (C=N–C) groups is 1. The fourth-order valence-corrected chi connectivity index (χ4v) is 3.73. The largest absolute Gasteiger partial charge is 0.310 e. The zero-order valence-corrected chi connectivity index (χ0v) is 12.7. The van der Waals surface area contributed by atoms with Crippen molar-refractivity contribution in [3.8, 4) is 0 Å². The Hall–Kier alpha value is -1.01. The van der Waals surface area contributed by atoms with E-state index in [2.05, 4.69) is 15.3 Å². The molecule has 0 radical (unpaired) electrons. The van der Waals surface area contributed by atoms with E-state index in [0.29, 0.717) is 5.82 Å². The van der Waals surface area contributed by atoms with Crippen LogP contribution in [0.4, 0.5) is 5.82 Å². The average molecular weight is 295 g/mol. The molecule has 0 fully saturated rings. The summed E-state index contributed by atoms with van der Waals surface area (Å²) in [5, 5.41) is 2.75. The molecule has 1 N–H and O–H groups in total. The van der Waals surface area contributed by atoms with Crippen LogP contribution in [-0.2, 0) is 4.79 Å². The number of carbonyl (C=O) groups excluding carboxylic acids is 1. The number of nitrogens with zero attached hydrogens (tertiary/aromatic N) is 2. The van der Waals surface area contributed by atoms with E-state index < -0.39 is 0 Å². The van der Waals surface area contributed by atoms with Crippen LogP contribution in [0.3, 0.4) is 0 Å². The van der Waals surface area contributed by atoms with Crippen molar-refractivity contribution in [1.29, 1.82) is 0 Å². The Morgan fingerprint density at radius 1 is 1.58 bits per heavy atom. The SMILES string of the molecule is CCC(SC1=NCCS1)C(=O)Nc1ccc(C)cn1. The minimum Gasteiger partial charge on any atom is -0.310 e. The van der Waals surface area contributed by atoms with Crippen molar-refractivity contribution in [3.63, 3.8) is 0 Å². The molecule has 1 amide bonds. The summed E-state index contributed by atoms with van der Waals surface area (Å²) in [6, 6.07) is 3.76. The number of hydrogen-bond acceptors (Lipinski definition) is 5. The number of amides is 1. The van der Waals surface area contributed by atoms with Gasteiger partial charge in [0.25, 0.3) is 0 Å². The number of rotatable bonds is 4. The van der Waals surface area contributed by atoms with Crippen LogP contribution in [0, 0.1) is 6.92 Å². The van der Waals surface area contributed by atoms with E-state index in [0.717, 1.165) is 28.7 Å². The third-order valence-electron chi connectivity index (χ3n) is 2.63. The lowest BCUT2D eigenvalue weighted by Crippen LogP contribution is -2.25. The van der Waals surface area contributed by atoms with Crippen LogP contribution in [0.1, 0.15) is 18.9 Å². The van der Waals surface area contributed by atoms with Crippen molar-refractivity contribution in [2.24, 2.45) is 4.99 Å². The monoisotopic (exact) mass is 295 g/mol. The normalized spacial score (nSPS) is 16.0. The predicted octanol–water partition coefficient (Wildman–Crippen LogP) is 2.94. The van der Waals surface area contributed by atoms with E-state index >= 15 is 0 Å². The molecule has 2 rings (SSSR count). The van der Waals surface area contributed by atoms with Gasteiger partial charge in [0.15, 0.2) is 0 Å². The molecule has 2 heterocycles. The van der Waals surface area contributed by atoms with E-state index in [9.17, 15) is 4.79 Å². The van der Waals surface area contributed by atoms with Crippen molar-refractivity contribution >= 4 is 39.6 Å². The number of nitrogens with one attached hydrogen (secondary N) is 1. The molecule has 19 heavy (non-hydrogen) atoms. The summed E-state index contributed by atoms with van der Waals surface area (Å²) in [4.78, 5) is 20.7. The Morgan fingerprint density at radius 2 is 2.42 bits per heavy atom. The number of carbonyl (C=O) groups is 1. The summed E-state index contributed by atoms with van der Waals surface area (Å²) in [5.41, 5.74) is 1.08. The van der Waals surface area contributed by atoms with Crippen LogP contribution in [0.2, 0.25) is 0 Å². The standard InChI is InChI=1S/C13H17N3OS2/c1-3-10(19-13-14-6-7-18-13)12(17)16-11-5-4-9(2)8-15-11/h4-5,8,10H,3,6-7H2,1-2H3,(H,15,16,17). The second-order valence-corrected chi connectivity index (χ2v) is 6.75. The molecule has 1 unspecified atom stereocenters. The first-order valence-corrected chi connectivity index (χ1v) is 8.13. The number of anilines is 1. The molecule has 102 valence electrons. The Balaban J connectivity index is 1.94. The highest BCUT2D eigenvalue weighted by atomic mass is 32.2. The molecule has 0 spiro atoms. The highest BCUT2D eigenvalue weighted by molar-refractivity contribution is 8.39. The molecule has 0 saturated carbocycles. The molecule has 0 bridgehead atoms. The van der Waals surface area contributed by atoms with Crippen molar-refractivity contribution in [1.82, 2.24) is 4.98 Å². The van der Waals surface area contributed by atoms with Crippen LogP contribution in [0.5, 0.6) is 0 Å². The fraction of sp³-hybridized carbons (Fsp3) is 0.462. The second-order valence-electron chi connectivity index (χ2n) is 4.22. The van der Waals surface area contributed by atoms with Gasteiger partial charge in [-0.05, 0) is 25.0 Å². The van der Waals surface area contributed by atoms with Gasteiger partial charge in [0.2, 0.25) is 5.91 Å². The summed E-state index contributed by atoms with van der Waals surface area (Å²) in [6.07, 6.45) is 2.53. The van der Waals surface area contributed by atoms with Gasteiger partial charge in [-0.25, -0.2) is 4.98 Å². The summed E-state index contributed by atoms with van der Waals surface area (Å²) in [6.45, 7) is 4.85. The molecule has 1 atom stereocenters. The Bertz CT molecular complexity index is 473. The van der Waals surface area contributed by atoms with Crippen molar-refractivity contribution < 1.29 is 4.79 Å². The predicted molar refractivity (Wildman–Crippen MR) is 84.0 cm³/mol. The smallest absolute Gasteiger partial charge is 0.239 e. The third kappa shape index (κ3) is 4.24. The van der Waals surface area contributed by atoms with Crippen molar-refractivity contribution in [2.45, 2.75) is 25.5 Å². The summed E-state index contributed by atoms with van der Waals surface area (Å²) in [7, 11) is 0. The zero-order valence-electron chi connectivity index (χ0n) is 11.0. The zero-order chi connectivity index (χ0) is 13.7. The minimum atomic E-state index is -0.104. The van der Waals surface area contributed by atoms with Gasteiger partial charge in [0.1, 0.15) is 10.2 Å². The van der Waals surface area contributed by atoms with Crippen LogP contribution in [-0.4, -0.2) is 32.8 Å². The highest BCUT2D eigenvalue weighted by Crippen LogP contribution is 2.28. The van der Waals surface area contributed by atoms with Crippen LogP contribution in [0.25, 0.3) is 0 Å².